The molecule has 1 saturated carbocycles. The van der Waals surface area contributed by atoms with Crippen molar-refractivity contribution < 1.29 is 18.8 Å². The highest BCUT2D eigenvalue weighted by Gasteiger charge is 2.46. The molecule has 2 aliphatic rings. The van der Waals surface area contributed by atoms with Gasteiger partial charge in [-0.1, -0.05) is 43.4 Å². The van der Waals surface area contributed by atoms with Gasteiger partial charge in [-0.15, -0.1) is 0 Å². The lowest BCUT2D eigenvalue weighted by molar-refractivity contribution is -0.123. The molecule has 0 aromatic heterocycles. The first-order valence-electron chi connectivity index (χ1n) is 11.0. The van der Waals surface area contributed by atoms with Gasteiger partial charge in [0.15, 0.2) is 0 Å². The molecule has 1 atom stereocenters. The van der Waals surface area contributed by atoms with Crippen LogP contribution in [0.3, 0.4) is 0 Å². The molecular formula is C25H27FN2O3. The molecule has 2 aromatic carbocycles. The molecule has 0 N–H and O–H groups in total. The molecule has 3 amide bonds. The molecule has 162 valence electrons. The first kappa shape index (κ1) is 21.2. The van der Waals surface area contributed by atoms with E-state index in [1.807, 2.05) is 19.1 Å². The van der Waals surface area contributed by atoms with E-state index in [4.69, 9.17) is 0 Å². The Morgan fingerprint density at radius 1 is 0.935 bits per heavy atom. The highest BCUT2D eigenvalue weighted by Crippen LogP contribution is 2.32. The van der Waals surface area contributed by atoms with Gasteiger partial charge in [0.05, 0.1) is 12.1 Å². The van der Waals surface area contributed by atoms with Crippen LogP contribution in [0.5, 0.6) is 0 Å². The summed E-state index contributed by atoms with van der Waals surface area (Å²) >= 11 is 0. The zero-order valence-electron chi connectivity index (χ0n) is 17.7. The third kappa shape index (κ3) is 4.38. The van der Waals surface area contributed by atoms with Crippen LogP contribution in [-0.4, -0.2) is 34.7 Å². The van der Waals surface area contributed by atoms with E-state index in [1.165, 1.54) is 29.2 Å². The average Bonchev–Trinajstić information content (AvgIpc) is 2.92. The number of imide groups is 1. The molecule has 1 aliphatic heterocycles. The van der Waals surface area contributed by atoms with Gasteiger partial charge in [0.2, 0.25) is 5.91 Å². The molecule has 1 heterocycles. The predicted molar refractivity (Wildman–Crippen MR) is 116 cm³/mol. The Kier molecular flexibility index (Phi) is 6.16. The summed E-state index contributed by atoms with van der Waals surface area (Å²) in [5.74, 6) is -1.41. The molecule has 4 rings (SSSR count). The molecule has 2 aromatic rings. The molecule has 31 heavy (non-hydrogen) atoms. The minimum atomic E-state index is -0.838. The van der Waals surface area contributed by atoms with E-state index < -0.39 is 11.9 Å². The normalized spacial score (nSPS) is 20.1. The van der Waals surface area contributed by atoms with Crippen LogP contribution in [0.4, 0.5) is 10.1 Å². The van der Waals surface area contributed by atoms with Crippen LogP contribution < -0.4 is 4.90 Å². The van der Waals surface area contributed by atoms with E-state index in [2.05, 4.69) is 0 Å². The van der Waals surface area contributed by atoms with Crippen molar-refractivity contribution in [1.82, 2.24) is 4.90 Å². The van der Waals surface area contributed by atoms with Crippen molar-refractivity contribution in [1.29, 1.82) is 0 Å². The summed E-state index contributed by atoms with van der Waals surface area (Å²) in [4.78, 5) is 42.6. The minimum Gasteiger partial charge on any atom is -0.323 e. The lowest BCUT2D eigenvalue weighted by atomic mass is 10.0. The van der Waals surface area contributed by atoms with Gasteiger partial charge in [-0.2, -0.15) is 0 Å². The molecular weight excluding hydrogens is 395 g/mol. The van der Waals surface area contributed by atoms with Crippen LogP contribution in [0.1, 0.15) is 60.9 Å². The van der Waals surface area contributed by atoms with Crippen LogP contribution in [0.15, 0.2) is 48.5 Å². The van der Waals surface area contributed by atoms with Gasteiger partial charge in [-0.3, -0.25) is 14.4 Å². The number of amides is 3. The largest absolute Gasteiger partial charge is 0.323 e. The minimum absolute atomic E-state index is 0.0316. The standard InChI is InChI=1S/C25H27FN2O3/c1-17-8-14-21(15-9-17)28-23(29)16-22(25(28)31)27(20-6-4-2-3-5-7-20)24(30)18-10-12-19(26)13-11-18/h8-15,20,22H,2-7,16H2,1H3. The highest BCUT2D eigenvalue weighted by molar-refractivity contribution is 6.23. The second-order valence-corrected chi connectivity index (χ2v) is 8.49. The van der Waals surface area contributed by atoms with Gasteiger partial charge in [-0.25, -0.2) is 9.29 Å². The Labute approximate surface area is 181 Å². The van der Waals surface area contributed by atoms with Crippen LogP contribution in [0, 0.1) is 12.7 Å². The van der Waals surface area contributed by atoms with Crippen LogP contribution in [-0.2, 0) is 9.59 Å². The van der Waals surface area contributed by atoms with E-state index in [0.29, 0.717) is 11.3 Å². The lowest BCUT2D eigenvalue weighted by Gasteiger charge is -2.35. The van der Waals surface area contributed by atoms with Gasteiger partial charge in [0, 0.05) is 11.6 Å². The summed E-state index contributed by atoms with van der Waals surface area (Å²) in [6.45, 7) is 1.94. The Bertz CT molecular complexity index is 963. The number of nitrogens with zero attached hydrogens (tertiary/aromatic N) is 2. The van der Waals surface area contributed by atoms with E-state index >= 15 is 0 Å². The molecule has 1 unspecified atom stereocenters. The molecule has 1 aliphatic carbocycles. The van der Waals surface area contributed by atoms with Gasteiger partial charge >= 0.3 is 0 Å². The average molecular weight is 423 g/mol. The zero-order valence-corrected chi connectivity index (χ0v) is 17.7. The quantitative estimate of drug-likeness (QED) is 0.533. The summed E-state index contributed by atoms with van der Waals surface area (Å²) in [7, 11) is 0. The monoisotopic (exact) mass is 422 g/mol. The van der Waals surface area contributed by atoms with Crippen molar-refractivity contribution in [2.24, 2.45) is 0 Å². The van der Waals surface area contributed by atoms with E-state index in [0.717, 1.165) is 44.1 Å². The fourth-order valence-corrected chi connectivity index (χ4v) is 4.64. The summed E-state index contributed by atoms with van der Waals surface area (Å²) in [5.41, 5.74) is 1.89. The van der Waals surface area contributed by atoms with Crippen molar-refractivity contribution in [3.8, 4) is 0 Å². The van der Waals surface area contributed by atoms with E-state index in [9.17, 15) is 18.8 Å². The summed E-state index contributed by atoms with van der Waals surface area (Å²) < 4.78 is 13.4. The van der Waals surface area contributed by atoms with E-state index in [-0.39, 0.29) is 30.2 Å². The maximum absolute atomic E-state index is 13.5. The number of rotatable bonds is 4. The number of carbonyl (C=O) groups excluding carboxylic acids is 3. The number of carbonyl (C=O) groups is 3. The number of hydrogen-bond acceptors (Lipinski definition) is 3. The van der Waals surface area contributed by atoms with E-state index in [1.54, 1.807) is 17.0 Å². The zero-order chi connectivity index (χ0) is 22.0. The van der Waals surface area contributed by atoms with Crippen molar-refractivity contribution in [2.75, 3.05) is 4.90 Å². The second kappa shape index (κ2) is 9.00. The van der Waals surface area contributed by atoms with Crippen molar-refractivity contribution in [2.45, 2.75) is 64.0 Å². The summed E-state index contributed by atoms with van der Waals surface area (Å²) in [6, 6.07) is 11.7. The first-order valence-corrected chi connectivity index (χ1v) is 11.0. The number of hydrogen-bond donors (Lipinski definition) is 0. The Morgan fingerprint density at radius 2 is 1.55 bits per heavy atom. The predicted octanol–water partition coefficient (Wildman–Crippen LogP) is 4.63. The Hall–Kier alpha value is -3.02. The van der Waals surface area contributed by atoms with Crippen molar-refractivity contribution >= 4 is 23.4 Å². The molecule has 1 saturated heterocycles. The number of benzene rings is 2. The maximum atomic E-state index is 13.5. The fraction of sp³-hybridized carbons (Fsp3) is 0.400. The van der Waals surface area contributed by atoms with Gasteiger partial charge in [-0.05, 0) is 56.2 Å². The molecule has 2 fully saturated rings. The van der Waals surface area contributed by atoms with Crippen LogP contribution in [0.2, 0.25) is 0 Å². The molecule has 0 bridgehead atoms. The van der Waals surface area contributed by atoms with Gasteiger partial charge in [0.1, 0.15) is 11.9 Å². The molecule has 0 spiro atoms. The number of aryl methyl sites for hydroxylation is 1. The highest BCUT2D eigenvalue weighted by atomic mass is 19.1. The van der Waals surface area contributed by atoms with Crippen molar-refractivity contribution in [3.63, 3.8) is 0 Å². The fourth-order valence-electron chi connectivity index (χ4n) is 4.64. The van der Waals surface area contributed by atoms with Gasteiger partial charge < -0.3 is 4.90 Å². The van der Waals surface area contributed by atoms with Crippen molar-refractivity contribution in [3.05, 3.63) is 65.5 Å². The molecule has 5 nitrogen and oxygen atoms in total. The third-order valence-corrected chi connectivity index (χ3v) is 6.29. The van der Waals surface area contributed by atoms with Crippen LogP contribution in [0.25, 0.3) is 0 Å². The summed E-state index contributed by atoms with van der Waals surface area (Å²) in [6.07, 6.45) is 5.73. The van der Waals surface area contributed by atoms with Gasteiger partial charge in [0.25, 0.3) is 11.8 Å². The molecule has 0 radical (unpaired) electrons. The second-order valence-electron chi connectivity index (χ2n) is 8.49. The Morgan fingerprint density at radius 3 is 2.16 bits per heavy atom. The Balaban J connectivity index is 1.68. The van der Waals surface area contributed by atoms with Crippen LogP contribution >= 0.6 is 0 Å². The lowest BCUT2D eigenvalue weighted by Crippen LogP contribution is -2.50. The SMILES string of the molecule is Cc1ccc(N2C(=O)CC(N(C(=O)c3ccc(F)cc3)C3CCCCCC3)C2=O)cc1. The smallest absolute Gasteiger partial charge is 0.257 e. The maximum Gasteiger partial charge on any atom is 0.257 e. The number of halogens is 1. The number of anilines is 1. The molecule has 6 heteroatoms. The third-order valence-electron chi connectivity index (χ3n) is 6.29. The summed E-state index contributed by atoms with van der Waals surface area (Å²) in [5, 5.41) is 0. The topological polar surface area (TPSA) is 57.7 Å². The first-order chi connectivity index (χ1) is 15.0.